The first-order chi connectivity index (χ1) is 6.61. The molecule has 0 amide bonds. The molecule has 0 bridgehead atoms. The van der Waals surface area contributed by atoms with Gasteiger partial charge in [-0.1, -0.05) is 6.07 Å². The number of aromatic nitrogens is 1. The fourth-order valence-corrected chi connectivity index (χ4v) is 0.804. The van der Waals surface area contributed by atoms with Crippen LogP contribution in [0.2, 0.25) is 0 Å². The van der Waals surface area contributed by atoms with Crippen molar-refractivity contribution >= 4 is 5.97 Å². The smallest absolute Gasteiger partial charge is 0.358 e. The lowest BCUT2D eigenvalue weighted by atomic mass is 10.3. The second kappa shape index (κ2) is 4.72. The van der Waals surface area contributed by atoms with E-state index in [0.717, 1.165) is 0 Å². The van der Waals surface area contributed by atoms with Gasteiger partial charge in [0, 0.05) is 6.20 Å². The molecule has 1 unspecified atom stereocenters. The van der Waals surface area contributed by atoms with Crippen molar-refractivity contribution in [2.75, 3.05) is 14.1 Å². The summed E-state index contributed by atoms with van der Waals surface area (Å²) >= 11 is 0. The van der Waals surface area contributed by atoms with Crippen LogP contribution in [0.25, 0.3) is 0 Å². The largest absolute Gasteiger partial charge is 0.442 e. The highest BCUT2D eigenvalue weighted by atomic mass is 16.6. The van der Waals surface area contributed by atoms with Gasteiger partial charge in [-0.25, -0.2) is 9.78 Å². The molecule has 4 heteroatoms. The quantitative estimate of drug-likeness (QED) is 0.534. The van der Waals surface area contributed by atoms with Crippen molar-refractivity contribution in [1.29, 1.82) is 0 Å². The van der Waals surface area contributed by atoms with Gasteiger partial charge in [0.25, 0.3) is 0 Å². The molecule has 1 aromatic rings. The van der Waals surface area contributed by atoms with Gasteiger partial charge in [0.2, 0.25) is 0 Å². The van der Waals surface area contributed by atoms with E-state index in [0.29, 0.717) is 5.69 Å². The third-order valence-corrected chi connectivity index (χ3v) is 1.88. The maximum atomic E-state index is 11.4. The predicted molar refractivity (Wildman–Crippen MR) is 52.8 cm³/mol. The van der Waals surface area contributed by atoms with Crippen molar-refractivity contribution in [3.63, 3.8) is 0 Å². The van der Waals surface area contributed by atoms with Gasteiger partial charge >= 0.3 is 5.97 Å². The zero-order valence-electron chi connectivity index (χ0n) is 8.60. The van der Waals surface area contributed by atoms with Gasteiger partial charge in [-0.05, 0) is 33.2 Å². The number of hydrogen-bond donors (Lipinski definition) is 0. The molecule has 14 heavy (non-hydrogen) atoms. The Balaban J connectivity index is 2.60. The van der Waals surface area contributed by atoms with Crippen molar-refractivity contribution in [1.82, 2.24) is 9.88 Å². The van der Waals surface area contributed by atoms with Gasteiger partial charge in [-0.15, -0.1) is 0 Å². The molecule has 0 saturated heterocycles. The molecule has 76 valence electrons. The summed E-state index contributed by atoms with van der Waals surface area (Å²) in [5.74, 6) is -0.396. The number of nitrogens with zero attached hydrogens (tertiary/aromatic N) is 2. The highest BCUT2D eigenvalue weighted by molar-refractivity contribution is 5.87. The lowest BCUT2D eigenvalue weighted by Crippen LogP contribution is -2.30. The number of rotatable bonds is 3. The molecular weight excluding hydrogens is 180 g/mol. The summed E-state index contributed by atoms with van der Waals surface area (Å²) in [6.07, 6.45) is 1.32. The summed E-state index contributed by atoms with van der Waals surface area (Å²) in [6, 6.07) is 5.14. The van der Waals surface area contributed by atoms with Gasteiger partial charge in [0.15, 0.2) is 6.23 Å². The zero-order chi connectivity index (χ0) is 10.6. The van der Waals surface area contributed by atoms with E-state index in [9.17, 15) is 4.79 Å². The topological polar surface area (TPSA) is 42.4 Å². The SMILES string of the molecule is CC(OC(=O)c1ccccn1)N(C)C. The molecule has 0 aliphatic heterocycles. The minimum atomic E-state index is -0.396. The van der Waals surface area contributed by atoms with Crippen molar-refractivity contribution in [3.8, 4) is 0 Å². The van der Waals surface area contributed by atoms with Crippen LogP contribution in [-0.4, -0.2) is 36.2 Å². The maximum Gasteiger partial charge on any atom is 0.358 e. The van der Waals surface area contributed by atoms with Crippen LogP contribution in [-0.2, 0) is 4.74 Å². The Kier molecular flexibility index (Phi) is 3.59. The van der Waals surface area contributed by atoms with Crippen molar-refractivity contribution in [2.45, 2.75) is 13.2 Å². The van der Waals surface area contributed by atoms with Crippen molar-refractivity contribution in [3.05, 3.63) is 30.1 Å². The van der Waals surface area contributed by atoms with Crippen molar-refractivity contribution < 1.29 is 9.53 Å². The lowest BCUT2D eigenvalue weighted by Gasteiger charge is -2.19. The molecule has 0 aliphatic rings. The fraction of sp³-hybridized carbons (Fsp3) is 0.400. The van der Waals surface area contributed by atoms with Crippen LogP contribution in [0, 0.1) is 0 Å². The highest BCUT2D eigenvalue weighted by Crippen LogP contribution is 2.01. The number of pyridine rings is 1. The molecule has 1 heterocycles. The molecule has 0 aliphatic carbocycles. The van der Waals surface area contributed by atoms with E-state index in [4.69, 9.17) is 4.74 Å². The molecule has 0 fully saturated rings. The minimum Gasteiger partial charge on any atom is -0.442 e. The highest BCUT2D eigenvalue weighted by Gasteiger charge is 2.13. The molecule has 1 atom stereocenters. The van der Waals surface area contributed by atoms with Gasteiger partial charge in [-0.2, -0.15) is 0 Å². The number of esters is 1. The van der Waals surface area contributed by atoms with E-state index in [2.05, 4.69) is 4.98 Å². The van der Waals surface area contributed by atoms with E-state index >= 15 is 0 Å². The second-order valence-corrected chi connectivity index (χ2v) is 3.18. The average Bonchev–Trinajstić information content (AvgIpc) is 2.19. The molecule has 0 N–H and O–H groups in total. The first kappa shape index (κ1) is 10.7. The molecule has 1 aromatic heterocycles. The Morgan fingerprint density at radius 1 is 1.50 bits per heavy atom. The van der Waals surface area contributed by atoms with E-state index in [1.54, 1.807) is 36.2 Å². The van der Waals surface area contributed by atoms with Gasteiger partial charge < -0.3 is 4.74 Å². The van der Waals surface area contributed by atoms with E-state index < -0.39 is 5.97 Å². The summed E-state index contributed by atoms with van der Waals surface area (Å²) in [6.45, 7) is 1.81. The van der Waals surface area contributed by atoms with Crippen LogP contribution >= 0.6 is 0 Å². The minimum absolute atomic E-state index is 0.246. The molecular formula is C10H14N2O2. The Labute approximate surface area is 83.5 Å². The number of hydrogen-bond acceptors (Lipinski definition) is 4. The Bertz CT molecular complexity index is 298. The summed E-state index contributed by atoms with van der Waals surface area (Å²) < 4.78 is 5.12. The normalized spacial score (nSPS) is 12.6. The standard InChI is InChI=1S/C10H14N2O2/c1-8(12(2)3)14-10(13)9-6-4-5-7-11-9/h4-8H,1-3H3. The van der Waals surface area contributed by atoms with Gasteiger partial charge in [-0.3, -0.25) is 4.90 Å². The van der Waals surface area contributed by atoms with Crippen LogP contribution in [0.1, 0.15) is 17.4 Å². The zero-order valence-corrected chi connectivity index (χ0v) is 8.60. The molecule has 0 saturated carbocycles. The predicted octanol–water partition coefficient (Wildman–Crippen LogP) is 1.15. The average molecular weight is 194 g/mol. The Morgan fingerprint density at radius 3 is 2.71 bits per heavy atom. The van der Waals surface area contributed by atoms with Crippen LogP contribution in [0.15, 0.2) is 24.4 Å². The first-order valence-electron chi connectivity index (χ1n) is 4.39. The Morgan fingerprint density at radius 2 is 2.21 bits per heavy atom. The lowest BCUT2D eigenvalue weighted by molar-refractivity contribution is -0.00604. The Hall–Kier alpha value is -1.42. The number of carbonyl (C=O) groups excluding carboxylic acids is 1. The first-order valence-corrected chi connectivity index (χ1v) is 4.39. The van der Waals surface area contributed by atoms with E-state index in [1.165, 1.54) is 0 Å². The van der Waals surface area contributed by atoms with Crippen LogP contribution in [0.5, 0.6) is 0 Å². The van der Waals surface area contributed by atoms with Crippen LogP contribution in [0.4, 0.5) is 0 Å². The monoisotopic (exact) mass is 194 g/mol. The van der Waals surface area contributed by atoms with E-state index in [1.807, 2.05) is 14.1 Å². The van der Waals surface area contributed by atoms with Gasteiger partial charge in [0.05, 0.1) is 0 Å². The fourth-order valence-electron chi connectivity index (χ4n) is 0.804. The molecule has 0 radical (unpaired) electrons. The second-order valence-electron chi connectivity index (χ2n) is 3.18. The van der Waals surface area contributed by atoms with Gasteiger partial charge in [0.1, 0.15) is 5.69 Å². The van der Waals surface area contributed by atoms with Crippen LogP contribution in [0.3, 0.4) is 0 Å². The molecule has 0 spiro atoms. The number of carbonyl (C=O) groups is 1. The van der Waals surface area contributed by atoms with Crippen LogP contribution < -0.4 is 0 Å². The van der Waals surface area contributed by atoms with E-state index in [-0.39, 0.29) is 6.23 Å². The number of ether oxygens (including phenoxy) is 1. The molecule has 0 aromatic carbocycles. The molecule has 4 nitrogen and oxygen atoms in total. The summed E-state index contributed by atoms with van der Waals surface area (Å²) in [5, 5.41) is 0. The maximum absolute atomic E-state index is 11.4. The summed E-state index contributed by atoms with van der Waals surface area (Å²) in [4.78, 5) is 17.2. The summed E-state index contributed by atoms with van der Waals surface area (Å²) in [7, 11) is 3.69. The molecule has 1 rings (SSSR count). The third-order valence-electron chi connectivity index (χ3n) is 1.88. The summed E-state index contributed by atoms with van der Waals surface area (Å²) in [5.41, 5.74) is 0.334. The third kappa shape index (κ3) is 2.81. The van der Waals surface area contributed by atoms with Crippen molar-refractivity contribution in [2.24, 2.45) is 0 Å².